The van der Waals surface area contributed by atoms with Gasteiger partial charge in [0.25, 0.3) is 0 Å². The summed E-state index contributed by atoms with van der Waals surface area (Å²) in [4.78, 5) is 12.2. The summed E-state index contributed by atoms with van der Waals surface area (Å²) in [6.45, 7) is 5.17. The summed E-state index contributed by atoms with van der Waals surface area (Å²) in [5.74, 6) is -0.219. The molecule has 0 heterocycles. The molecule has 4 nitrogen and oxygen atoms in total. The van der Waals surface area contributed by atoms with Gasteiger partial charge in [-0.2, -0.15) is 0 Å². The van der Waals surface area contributed by atoms with Crippen molar-refractivity contribution in [3.8, 4) is 0 Å². The zero-order valence-electron chi connectivity index (χ0n) is 34.0. The zero-order chi connectivity index (χ0) is 37.7. The second-order valence-corrected chi connectivity index (χ2v) is 14.0. The van der Waals surface area contributed by atoms with Gasteiger partial charge in [-0.1, -0.05) is 176 Å². The van der Waals surface area contributed by atoms with Gasteiger partial charge < -0.3 is 14.6 Å². The number of allylic oxidation sites excluding steroid dienone is 14. The quantitative estimate of drug-likeness (QED) is 0.0390. The van der Waals surface area contributed by atoms with Crippen LogP contribution in [0.5, 0.6) is 0 Å². The number of carbonyl (C=O) groups is 1. The molecule has 0 aromatic rings. The summed E-state index contributed by atoms with van der Waals surface area (Å²) in [6.07, 6.45) is 62.1. The van der Waals surface area contributed by atoms with E-state index in [-0.39, 0.29) is 19.2 Å². The molecule has 0 aliphatic heterocycles. The minimum atomic E-state index is -0.551. The van der Waals surface area contributed by atoms with Crippen LogP contribution in [0.2, 0.25) is 0 Å². The van der Waals surface area contributed by atoms with E-state index in [2.05, 4.69) is 98.9 Å². The van der Waals surface area contributed by atoms with Gasteiger partial charge in [0.05, 0.1) is 13.2 Å². The molecule has 0 aliphatic carbocycles. The van der Waals surface area contributed by atoms with Crippen LogP contribution in [-0.2, 0) is 14.3 Å². The van der Waals surface area contributed by atoms with Crippen LogP contribution in [0, 0.1) is 0 Å². The Kier molecular flexibility index (Phi) is 42.6. The maximum Gasteiger partial charge on any atom is 0.306 e. The molecular formula is C48H82O4. The average molecular weight is 723 g/mol. The lowest BCUT2D eigenvalue weighted by molar-refractivity contribution is -0.154. The van der Waals surface area contributed by atoms with Crippen LogP contribution in [-0.4, -0.2) is 37.0 Å². The van der Waals surface area contributed by atoms with Crippen molar-refractivity contribution < 1.29 is 19.4 Å². The third-order valence-corrected chi connectivity index (χ3v) is 8.95. The first-order valence-electron chi connectivity index (χ1n) is 21.7. The average Bonchev–Trinajstić information content (AvgIpc) is 3.15. The second-order valence-electron chi connectivity index (χ2n) is 14.0. The molecule has 0 spiro atoms. The van der Waals surface area contributed by atoms with Gasteiger partial charge in [0.1, 0.15) is 6.10 Å². The molecule has 1 unspecified atom stereocenters. The predicted octanol–water partition coefficient (Wildman–Crippen LogP) is 14.4. The number of hydrogen-bond donors (Lipinski definition) is 1. The van der Waals surface area contributed by atoms with Gasteiger partial charge in [0.2, 0.25) is 0 Å². The fraction of sp³-hybridized carbons (Fsp3) is 0.688. The first-order valence-corrected chi connectivity index (χ1v) is 21.7. The lowest BCUT2D eigenvalue weighted by Crippen LogP contribution is -2.27. The molecule has 0 amide bonds. The summed E-state index contributed by atoms with van der Waals surface area (Å²) in [5.41, 5.74) is 0. The Morgan fingerprint density at radius 3 is 1.31 bits per heavy atom. The van der Waals surface area contributed by atoms with Crippen LogP contribution in [0.4, 0.5) is 0 Å². The summed E-state index contributed by atoms with van der Waals surface area (Å²) in [6, 6.07) is 0. The molecule has 4 heteroatoms. The van der Waals surface area contributed by atoms with Crippen molar-refractivity contribution >= 4 is 5.97 Å². The SMILES string of the molecule is CC/C=C\C/C=C\C/C=C\C/C=C\C/C=C\CCCCCCCCCC(=O)OC(CO)COCCCCCCCC/C=C\C/C=C\CCCCCC. The van der Waals surface area contributed by atoms with Gasteiger partial charge >= 0.3 is 5.97 Å². The Morgan fingerprint density at radius 1 is 0.481 bits per heavy atom. The zero-order valence-corrected chi connectivity index (χ0v) is 34.0. The van der Waals surface area contributed by atoms with Crippen molar-refractivity contribution in [1.82, 2.24) is 0 Å². The van der Waals surface area contributed by atoms with E-state index in [1.165, 1.54) is 89.9 Å². The molecule has 52 heavy (non-hydrogen) atoms. The van der Waals surface area contributed by atoms with Crippen LogP contribution in [0.15, 0.2) is 85.1 Å². The first-order chi connectivity index (χ1) is 25.7. The summed E-state index contributed by atoms with van der Waals surface area (Å²) in [5, 5.41) is 9.61. The minimum absolute atomic E-state index is 0.185. The number of aliphatic hydroxyl groups excluding tert-OH is 1. The van der Waals surface area contributed by atoms with Gasteiger partial charge in [-0.15, -0.1) is 0 Å². The topological polar surface area (TPSA) is 55.8 Å². The largest absolute Gasteiger partial charge is 0.457 e. The Labute approximate surface area is 322 Å². The minimum Gasteiger partial charge on any atom is -0.457 e. The number of hydrogen-bond acceptors (Lipinski definition) is 4. The van der Waals surface area contributed by atoms with Crippen molar-refractivity contribution in [2.75, 3.05) is 19.8 Å². The highest BCUT2D eigenvalue weighted by atomic mass is 16.6. The van der Waals surface area contributed by atoms with Crippen molar-refractivity contribution in [1.29, 1.82) is 0 Å². The van der Waals surface area contributed by atoms with Crippen molar-refractivity contribution in [2.24, 2.45) is 0 Å². The second kappa shape index (κ2) is 44.7. The fourth-order valence-electron chi connectivity index (χ4n) is 5.74. The molecule has 0 fully saturated rings. The van der Waals surface area contributed by atoms with Crippen LogP contribution in [0.1, 0.15) is 187 Å². The van der Waals surface area contributed by atoms with E-state index in [1.54, 1.807) is 0 Å². The molecule has 0 bridgehead atoms. The van der Waals surface area contributed by atoms with Crippen molar-refractivity contribution in [3.63, 3.8) is 0 Å². The lowest BCUT2D eigenvalue weighted by Gasteiger charge is -2.15. The van der Waals surface area contributed by atoms with E-state index in [9.17, 15) is 9.90 Å². The molecule has 0 aromatic carbocycles. The maximum absolute atomic E-state index is 12.2. The van der Waals surface area contributed by atoms with E-state index in [0.29, 0.717) is 13.0 Å². The van der Waals surface area contributed by atoms with Gasteiger partial charge in [0.15, 0.2) is 0 Å². The van der Waals surface area contributed by atoms with Crippen LogP contribution in [0.3, 0.4) is 0 Å². The highest BCUT2D eigenvalue weighted by Crippen LogP contribution is 2.12. The molecule has 0 saturated heterocycles. The molecule has 0 radical (unpaired) electrons. The maximum atomic E-state index is 12.2. The van der Waals surface area contributed by atoms with Crippen LogP contribution in [0.25, 0.3) is 0 Å². The lowest BCUT2D eigenvalue weighted by atomic mass is 10.1. The predicted molar refractivity (Wildman–Crippen MR) is 228 cm³/mol. The van der Waals surface area contributed by atoms with Crippen LogP contribution < -0.4 is 0 Å². The monoisotopic (exact) mass is 723 g/mol. The number of rotatable bonds is 39. The smallest absolute Gasteiger partial charge is 0.306 e. The van der Waals surface area contributed by atoms with E-state index in [1.807, 2.05) is 0 Å². The van der Waals surface area contributed by atoms with Gasteiger partial charge in [-0.05, 0) is 89.9 Å². The molecular weight excluding hydrogens is 641 g/mol. The highest BCUT2D eigenvalue weighted by Gasteiger charge is 2.13. The molecule has 0 saturated carbocycles. The van der Waals surface area contributed by atoms with Crippen molar-refractivity contribution in [2.45, 2.75) is 193 Å². The Balaban J connectivity index is 3.52. The molecule has 0 aliphatic rings. The van der Waals surface area contributed by atoms with Gasteiger partial charge in [-0.3, -0.25) is 4.79 Å². The summed E-state index contributed by atoms with van der Waals surface area (Å²) < 4.78 is 11.1. The third kappa shape index (κ3) is 42.0. The normalized spacial score (nSPS) is 13.2. The highest BCUT2D eigenvalue weighted by molar-refractivity contribution is 5.69. The molecule has 0 rings (SSSR count). The number of aliphatic hydroxyl groups is 1. The van der Waals surface area contributed by atoms with E-state index < -0.39 is 6.10 Å². The molecule has 1 atom stereocenters. The third-order valence-electron chi connectivity index (χ3n) is 8.95. The van der Waals surface area contributed by atoms with Gasteiger partial charge in [0, 0.05) is 13.0 Å². The number of esters is 1. The fourth-order valence-corrected chi connectivity index (χ4v) is 5.74. The standard InChI is InChI=1S/C48H82O4/c1-3-5-7-9-11-13-15-17-19-21-22-23-24-25-26-27-29-31-33-35-37-39-41-43-48(50)52-47(45-49)46-51-44-42-40-38-36-34-32-30-28-20-18-16-14-12-10-8-6-4-2/h5,7,11,13-14,16-17,19-20,22-23,25-26,28,47,49H,3-4,6,8-10,12,15,18,21,24,27,29-46H2,1-2H3/b7-5-,13-11-,16-14-,19-17-,23-22-,26-25-,28-20-. The summed E-state index contributed by atoms with van der Waals surface area (Å²) in [7, 11) is 0. The number of carbonyl (C=O) groups excluding carboxylic acids is 1. The van der Waals surface area contributed by atoms with E-state index in [4.69, 9.17) is 9.47 Å². The molecule has 298 valence electrons. The number of ether oxygens (including phenoxy) is 2. The Morgan fingerprint density at radius 2 is 0.865 bits per heavy atom. The Bertz CT molecular complexity index is 938. The van der Waals surface area contributed by atoms with Crippen molar-refractivity contribution in [3.05, 3.63) is 85.1 Å². The van der Waals surface area contributed by atoms with Crippen LogP contribution >= 0.6 is 0 Å². The van der Waals surface area contributed by atoms with E-state index >= 15 is 0 Å². The first kappa shape index (κ1) is 49.6. The van der Waals surface area contributed by atoms with E-state index in [0.717, 1.165) is 77.0 Å². The van der Waals surface area contributed by atoms with Gasteiger partial charge in [-0.25, -0.2) is 0 Å². The summed E-state index contributed by atoms with van der Waals surface area (Å²) >= 11 is 0. The Hall–Kier alpha value is -2.43. The molecule has 1 N–H and O–H groups in total. The molecule has 0 aromatic heterocycles. The number of unbranched alkanes of at least 4 members (excludes halogenated alkanes) is 17.